The summed E-state index contributed by atoms with van der Waals surface area (Å²) in [4.78, 5) is 50.9. The molecule has 1 fully saturated rings. The van der Waals surface area contributed by atoms with E-state index in [1.165, 1.54) is 36.4 Å². The Morgan fingerprint density at radius 2 is 0.729 bits per heavy atom. The van der Waals surface area contributed by atoms with Crippen molar-refractivity contribution in [3.8, 4) is 0 Å². The zero-order valence-electron chi connectivity index (χ0n) is 24.6. The molecule has 8 bridgehead atoms. The third kappa shape index (κ3) is 6.69. The first kappa shape index (κ1) is 34.3. The molecule has 0 saturated heterocycles. The molecular weight excluding hydrogens is 656 g/mol. The number of hydrogen-bond donors (Lipinski definition) is 4. The molecule has 0 radical (unpaired) electrons. The van der Waals surface area contributed by atoms with E-state index >= 15 is 17.6 Å². The monoisotopic (exact) mass is 682 g/mol. The summed E-state index contributed by atoms with van der Waals surface area (Å²) in [6.45, 7) is -3.79. The second-order valence-electron chi connectivity index (χ2n) is 11.3. The van der Waals surface area contributed by atoms with Gasteiger partial charge in [-0.2, -0.15) is 0 Å². The standard InChI is InChI=1S/C32H26F8N4O4/c33-21-17-9-41-29(45)13-3-1-4-14(7-13)30(46)42-10-18-23(35)27(39)20(28(40)24(18)36)12-44-32(48)16-6-2-5-15(8-16)31(47)43-11-19(25(21)37)26(38)22(17)34/h1-8,17,19,21-22,25-26H,9-12H2,(H,41,45)(H,42,46)(H,43,47)(H,44,48). The van der Waals surface area contributed by atoms with Crippen LogP contribution in [0.2, 0.25) is 0 Å². The SMILES string of the molecule is O=C1NCc2c(F)c(F)c(c(F)c2F)CNC(=O)c2cccc(c2)C(=O)NCC2C(F)C(F)C(CNC(=O)c3cccc1c3)C(F)C2F. The van der Waals surface area contributed by atoms with Crippen molar-refractivity contribution in [3.05, 3.63) is 105 Å². The number of benzene rings is 3. The second kappa shape index (κ2) is 14.0. The van der Waals surface area contributed by atoms with E-state index in [4.69, 9.17) is 0 Å². The Labute approximate surface area is 267 Å². The highest BCUT2D eigenvalue weighted by Gasteiger charge is 2.52. The van der Waals surface area contributed by atoms with Crippen molar-refractivity contribution in [2.45, 2.75) is 37.8 Å². The minimum absolute atomic E-state index is 0.246. The van der Waals surface area contributed by atoms with Crippen LogP contribution in [0.3, 0.4) is 0 Å². The maximum atomic E-state index is 15.1. The van der Waals surface area contributed by atoms with Gasteiger partial charge >= 0.3 is 0 Å². The molecule has 4 unspecified atom stereocenters. The lowest BCUT2D eigenvalue weighted by Crippen LogP contribution is -2.57. The first-order chi connectivity index (χ1) is 22.8. The average Bonchev–Trinajstić information content (AvgIpc) is 3.09. The van der Waals surface area contributed by atoms with Gasteiger partial charge in [0.2, 0.25) is 0 Å². The van der Waals surface area contributed by atoms with Crippen molar-refractivity contribution in [2.75, 3.05) is 13.1 Å². The second-order valence-corrected chi connectivity index (χ2v) is 11.3. The Morgan fingerprint density at radius 1 is 0.458 bits per heavy atom. The molecule has 4 amide bonds. The molecule has 8 rings (SSSR count). The topological polar surface area (TPSA) is 116 Å². The number of rotatable bonds is 0. The van der Waals surface area contributed by atoms with Gasteiger partial charge < -0.3 is 21.3 Å². The fourth-order valence-electron chi connectivity index (χ4n) is 5.55. The van der Waals surface area contributed by atoms with Crippen LogP contribution in [-0.2, 0) is 13.1 Å². The highest BCUT2D eigenvalue weighted by atomic mass is 19.2. The van der Waals surface area contributed by atoms with Gasteiger partial charge in [0.1, 0.15) is 24.7 Å². The average molecular weight is 683 g/mol. The molecule has 4 aliphatic heterocycles. The van der Waals surface area contributed by atoms with Crippen molar-refractivity contribution in [2.24, 2.45) is 11.8 Å². The Bertz CT molecular complexity index is 1600. The maximum absolute atomic E-state index is 15.1. The van der Waals surface area contributed by atoms with Crippen molar-refractivity contribution < 1.29 is 54.3 Å². The lowest BCUT2D eigenvalue weighted by molar-refractivity contribution is -0.0752. The first-order valence-corrected chi connectivity index (χ1v) is 14.5. The molecule has 0 spiro atoms. The highest BCUT2D eigenvalue weighted by Crippen LogP contribution is 2.37. The van der Waals surface area contributed by atoms with Crippen LogP contribution in [0.25, 0.3) is 0 Å². The minimum Gasteiger partial charge on any atom is -0.352 e. The lowest BCUT2D eigenvalue weighted by Gasteiger charge is -2.39. The number of halogens is 8. The van der Waals surface area contributed by atoms with Gasteiger partial charge in [-0.15, -0.1) is 0 Å². The maximum Gasteiger partial charge on any atom is 0.251 e. The van der Waals surface area contributed by atoms with Crippen LogP contribution in [-0.4, -0.2) is 61.4 Å². The van der Waals surface area contributed by atoms with Crippen LogP contribution in [0.1, 0.15) is 52.6 Å². The van der Waals surface area contributed by atoms with Gasteiger partial charge in [0.15, 0.2) is 23.3 Å². The van der Waals surface area contributed by atoms with Gasteiger partial charge in [-0.3, -0.25) is 19.2 Å². The van der Waals surface area contributed by atoms with Crippen molar-refractivity contribution >= 4 is 23.6 Å². The third-order valence-electron chi connectivity index (χ3n) is 8.31. The predicted molar refractivity (Wildman–Crippen MR) is 153 cm³/mol. The summed E-state index contributed by atoms with van der Waals surface area (Å²) in [5, 5.41) is 8.47. The number of alkyl halides is 4. The lowest BCUT2D eigenvalue weighted by atomic mass is 9.76. The van der Waals surface area contributed by atoms with Crippen LogP contribution in [0, 0.1) is 35.1 Å². The Kier molecular flexibility index (Phi) is 10.0. The smallest absolute Gasteiger partial charge is 0.251 e. The molecule has 4 heterocycles. The van der Waals surface area contributed by atoms with Gasteiger partial charge in [0, 0.05) is 71.4 Å². The Morgan fingerprint density at radius 3 is 1.02 bits per heavy atom. The van der Waals surface area contributed by atoms with E-state index in [0.29, 0.717) is 0 Å². The summed E-state index contributed by atoms with van der Waals surface area (Å²) in [5.74, 6) is -15.3. The minimum atomic E-state index is -2.58. The summed E-state index contributed by atoms with van der Waals surface area (Å²) in [6.07, 6.45) is -10.3. The molecule has 254 valence electrons. The Hall–Kier alpha value is -5.02. The van der Waals surface area contributed by atoms with E-state index in [1.807, 2.05) is 0 Å². The summed E-state index contributed by atoms with van der Waals surface area (Å²) in [6, 6.07) is 9.12. The van der Waals surface area contributed by atoms with Crippen molar-refractivity contribution in [1.82, 2.24) is 21.3 Å². The molecule has 1 aliphatic carbocycles. The van der Waals surface area contributed by atoms with Crippen LogP contribution in [0.4, 0.5) is 35.1 Å². The largest absolute Gasteiger partial charge is 0.352 e. The Balaban J connectivity index is 1.47. The zero-order valence-corrected chi connectivity index (χ0v) is 24.6. The normalized spacial score (nSPS) is 25.6. The summed E-state index contributed by atoms with van der Waals surface area (Å²) < 4.78 is 120. The molecule has 16 heteroatoms. The molecule has 8 nitrogen and oxygen atoms in total. The molecule has 3 aromatic carbocycles. The summed E-state index contributed by atoms with van der Waals surface area (Å²) >= 11 is 0. The molecule has 4 atom stereocenters. The third-order valence-corrected chi connectivity index (χ3v) is 8.31. The summed E-state index contributed by atoms with van der Waals surface area (Å²) in [7, 11) is 0. The van der Waals surface area contributed by atoms with Crippen molar-refractivity contribution in [1.29, 1.82) is 0 Å². The molecule has 4 N–H and O–H groups in total. The van der Waals surface area contributed by atoms with E-state index in [-0.39, 0.29) is 22.3 Å². The molecule has 48 heavy (non-hydrogen) atoms. The van der Waals surface area contributed by atoms with E-state index in [1.54, 1.807) is 0 Å². The highest BCUT2D eigenvalue weighted by molar-refractivity contribution is 6.00. The van der Waals surface area contributed by atoms with E-state index in [9.17, 15) is 36.7 Å². The van der Waals surface area contributed by atoms with Crippen LogP contribution in [0.5, 0.6) is 0 Å². The van der Waals surface area contributed by atoms with Gasteiger partial charge in [0.25, 0.3) is 23.6 Å². The van der Waals surface area contributed by atoms with Crippen LogP contribution in [0.15, 0.2) is 48.5 Å². The van der Waals surface area contributed by atoms with Gasteiger partial charge in [-0.25, -0.2) is 35.1 Å². The van der Waals surface area contributed by atoms with E-state index in [2.05, 4.69) is 21.3 Å². The molecular formula is C32H26F8N4O4. The van der Waals surface area contributed by atoms with Crippen LogP contribution >= 0.6 is 0 Å². The molecule has 5 aliphatic rings. The quantitative estimate of drug-likeness (QED) is 0.211. The van der Waals surface area contributed by atoms with E-state index in [0.717, 1.165) is 12.1 Å². The van der Waals surface area contributed by atoms with E-state index < -0.39 is 121 Å². The fourth-order valence-corrected chi connectivity index (χ4v) is 5.55. The molecule has 3 aromatic rings. The fraction of sp³-hybridized carbons (Fsp3) is 0.312. The van der Waals surface area contributed by atoms with Gasteiger partial charge in [-0.1, -0.05) is 12.1 Å². The zero-order chi connectivity index (χ0) is 34.9. The molecule has 1 saturated carbocycles. The van der Waals surface area contributed by atoms with Crippen molar-refractivity contribution in [3.63, 3.8) is 0 Å². The number of hydrogen-bond acceptors (Lipinski definition) is 4. The first-order valence-electron chi connectivity index (χ1n) is 14.5. The predicted octanol–water partition coefficient (Wildman–Crippen LogP) is 4.17. The number of nitrogens with one attached hydrogen (secondary N) is 4. The van der Waals surface area contributed by atoms with Gasteiger partial charge in [-0.05, 0) is 36.4 Å². The molecule has 0 aromatic heterocycles. The number of carbonyl (C=O) groups is 4. The summed E-state index contributed by atoms with van der Waals surface area (Å²) in [5.41, 5.74) is -3.39. The van der Waals surface area contributed by atoms with Gasteiger partial charge in [0.05, 0.1) is 0 Å². The van der Waals surface area contributed by atoms with Crippen LogP contribution < -0.4 is 21.3 Å². The number of amides is 4. The number of carbonyl (C=O) groups excluding carboxylic acids is 4.